The summed E-state index contributed by atoms with van der Waals surface area (Å²) in [4.78, 5) is 0. The molecule has 2 atom stereocenters. The molecule has 0 radical (unpaired) electrons. The van der Waals surface area contributed by atoms with Gasteiger partial charge in [0.2, 0.25) is 0 Å². The summed E-state index contributed by atoms with van der Waals surface area (Å²) >= 11 is 0. The molecule has 2 nitrogen and oxygen atoms in total. The highest BCUT2D eigenvalue weighted by Crippen LogP contribution is 2.19. The van der Waals surface area contributed by atoms with Crippen LogP contribution in [0.15, 0.2) is 0 Å². The van der Waals surface area contributed by atoms with Gasteiger partial charge in [-0.05, 0) is 50.0 Å². The number of nitrogens with two attached hydrogens (primary N) is 1. The molecule has 116 valence electrons. The molecule has 0 aromatic heterocycles. The highest BCUT2D eigenvalue weighted by atomic mass is 16.5. The Morgan fingerprint density at radius 1 is 0.789 bits per heavy atom. The molecule has 0 saturated heterocycles. The second-order valence-electron chi connectivity index (χ2n) is 6.71. The minimum absolute atomic E-state index is 0.700. The Morgan fingerprint density at radius 2 is 1.42 bits per heavy atom. The predicted molar refractivity (Wildman–Crippen MR) is 85.4 cm³/mol. The first-order valence-electron chi connectivity index (χ1n) is 8.34. The lowest BCUT2D eigenvalue weighted by atomic mass is 9.91. The number of rotatable bonds is 13. The van der Waals surface area contributed by atoms with Crippen molar-refractivity contribution in [2.75, 3.05) is 19.8 Å². The minimum atomic E-state index is 0.700. The fourth-order valence-corrected chi connectivity index (χ4v) is 2.82. The molecule has 0 aliphatic rings. The summed E-state index contributed by atoms with van der Waals surface area (Å²) < 4.78 is 5.78. The van der Waals surface area contributed by atoms with Crippen molar-refractivity contribution in [1.82, 2.24) is 0 Å². The van der Waals surface area contributed by atoms with Gasteiger partial charge in [0.15, 0.2) is 0 Å². The molecule has 0 aliphatic heterocycles. The van der Waals surface area contributed by atoms with Crippen LogP contribution in [0.25, 0.3) is 0 Å². The summed E-state index contributed by atoms with van der Waals surface area (Å²) in [6.07, 6.45) is 8.89. The van der Waals surface area contributed by atoms with E-state index in [1.165, 1.54) is 44.9 Å². The summed E-state index contributed by atoms with van der Waals surface area (Å²) in [6, 6.07) is 0. The van der Waals surface area contributed by atoms with E-state index >= 15 is 0 Å². The summed E-state index contributed by atoms with van der Waals surface area (Å²) in [5, 5.41) is 0. The smallest absolute Gasteiger partial charge is 0.0491 e. The Labute approximate surface area is 121 Å². The van der Waals surface area contributed by atoms with Crippen LogP contribution < -0.4 is 5.73 Å². The van der Waals surface area contributed by atoms with E-state index in [4.69, 9.17) is 10.5 Å². The highest BCUT2D eigenvalue weighted by Gasteiger charge is 2.10. The first-order valence-corrected chi connectivity index (χ1v) is 8.34. The molecule has 2 heteroatoms. The van der Waals surface area contributed by atoms with E-state index in [0.29, 0.717) is 5.92 Å². The standard InChI is InChI=1S/C17H37NO/c1-15(2)12-16(3)13-17(4)14-19-11-9-7-5-6-8-10-18/h15-17H,5-14,18H2,1-4H3. The normalized spacial score (nSPS) is 14.8. The van der Waals surface area contributed by atoms with Gasteiger partial charge in [-0.25, -0.2) is 0 Å². The minimum Gasteiger partial charge on any atom is -0.381 e. The zero-order valence-corrected chi connectivity index (χ0v) is 13.8. The average molecular weight is 271 g/mol. The van der Waals surface area contributed by atoms with E-state index in [2.05, 4.69) is 27.7 Å². The molecule has 0 bridgehead atoms. The van der Waals surface area contributed by atoms with Crippen LogP contribution in [0, 0.1) is 17.8 Å². The van der Waals surface area contributed by atoms with Crippen LogP contribution in [0.2, 0.25) is 0 Å². The van der Waals surface area contributed by atoms with E-state index < -0.39 is 0 Å². The third-order valence-electron chi connectivity index (χ3n) is 3.57. The Balaban J connectivity index is 3.31. The number of ether oxygens (including phenoxy) is 1. The van der Waals surface area contributed by atoms with Crippen LogP contribution in [0.4, 0.5) is 0 Å². The average Bonchev–Trinajstić information content (AvgIpc) is 2.31. The van der Waals surface area contributed by atoms with E-state index in [1.807, 2.05) is 0 Å². The monoisotopic (exact) mass is 271 g/mol. The number of hydrogen-bond donors (Lipinski definition) is 1. The lowest BCUT2D eigenvalue weighted by Crippen LogP contribution is -2.12. The van der Waals surface area contributed by atoms with Gasteiger partial charge in [0.05, 0.1) is 0 Å². The SMILES string of the molecule is CC(C)CC(C)CC(C)COCCCCCCCN. The first kappa shape index (κ1) is 18.9. The van der Waals surface area contributed by atoms with Gasteiger partial charge < -0.3 is 10.5 Å². The van der Waals surface area contributed by atoms with Crippen LogP contribution in [-0.4, -0.2) is 19.8 Å². The molecule has 19 heavy (non-hydrogen) atoms. The third-order valence-corrected chi connectivity index (χ3v) is 3.57. The van der Waals surface area contributed by atoms with Crippen molar-refractivity contribution in [3.63, 3.8) is 0 Å². The summed E-state index contributed by atoms with van der Waals surface area (Å²) in [7, 11) is 0. The van der Waals surface area contributed by atoms with Crippen molar-refractivity contribution in [2.45, 2.75) is 72.6 Å². The van der Waals surface area contributed by atoms with Crippen molar-refractivity contribution in [2.24, 2.45) is 23.5 Å². The molecule has 2 N–H and O–H groups in total. The van der Waals surface area contributed by atoms with Crippen LogP contribution in [0.5, 0.6) is 0 Å². The molecular formula is C17H37NO. The van der Waals surface area contributed by atoms with Gasteiger partial charge in [0, 0.05) is 13.2 Å². The van der Waals surface area contributed by atoms with Crippen molar-refractivity contribution in [3.8, 4) is 0 Å². The molecule has 0 spiro atoms. The third kappa shape index (κ3) is 14.1. The molecular weight excluding hydrogens is 234 g/mol. The molecule has 0 saturated carbocycles. The Bertz CT molecular complexity index is 182. The summed E-state index contributed by atoms with van der Waals surface area (Å²) in [6.45, 7) is 12.0. The van der Waals surface area contributed by atoms with E-state index in [0.717, 1.165) is 31.6 Å². The van der Waals surface area contributed by atoms with Crippen molar-refractivity contribution in [3.05, 3.63) is 0 Å². The van der Waals surface area contributed by atoms with E-state index in [-0.39, 0.29) is 0 Å². The second kappa shape index (κ2) is 12.9. The quantitative estimate of drug-likeness (QED) is 0.496. The first-order chi connectivity index (χ1) is 9.06. The van der Waals surface area contributed by atoms with Crippen LogP contribution >= 0.6 is 0 Å². The molecule has 0 fully saturated rings. The molecule has 0 aromatic carbocycles. The lowest BCUT2D eigenvalue weighted by molar-refractivity contribution is 0.0923. The Kier molecular flexibility index (Phi) is 12.9. The van der Waals surface area contributed by atoms with Crippen molar-refractivity contribution in [1.29, 1.82) is 0 Å². The van der Waals surface area contributed by atoms with Gasteiger partial charge in [-0.3, -0.25) is 0 Å². The van der Waals surface area contributed by atoms with Crippen LogP contribution in [0.1, 0.15) is 72.6 Å². The van der Waals surface area contributed by atoms with Crippen LogP contribution in [0.3, 0.4) is 0 Å². The molecule has 0 aliphatic carbocycles. The molecule has 2 unspecified atom stereocenters. The topological polar surface area (TPSA) is 35.2 Å². The van der Waals surface area contributed by atoms with Gasteiger partial charge in [-0.15, -0.1) is 0 Å². The van der Waals surface area contributed by atoms with E-state index in [9.17, 15) is 0 Å². The molecule has 0 heterocycles. The van der Waals surface area contributed by atoms with Gasteiger partial charge in [-0.1, -0.05) is 47.0 Å². The van der Waals surface area contributed by atoms with Crippen LogP contribution in [-0.2, 0) is 4.74 Å². The fourth-order valence-electron chi connectivity index (χ4n) is 2.82. The van der Waals surface area contributed by atoms with Gasteiger partial charge in [0.25, 0.3) is 0 Å². The summed E-state index contributed by atoms with van der Waals surface area (Å²) in [5.74, 6) is 2.34. The maximum Gasteiger partial charge on any atom is 0.0491 e. The molecule has 0 aromatic rings. The number of hydrogen-bond acceptors (Lipinski definition) is 2. The Hall–Kier alpha value is -0.0800. The van der Waals surface area contributed by atoms with Gasteiger partial charge in [0.1, 0.15) is 0 Å². The Morgan fingerprint density at radius 3 is 2.05 bits per heavy atom. The summed E-state index contributed by atoms with van der Waals surface area (Å²) in [5.41, 5.74) is 5.47. The lowest BCUT2D eigenvalue weighted by Gasteiger charge is -2.18. The fraction of sp³-hybridized carbons (Fsp3) is 1.00. The largest absolute Gasteiger partial charge is 0.381 e. The predicted octanol–water partition coefficient (Wildman–Crippen LogP) is 4.62. The van der Waals surface area contributed by atoms with Crippen molar-refractivity contribution >= 4 is 0 Å². The zero-order valence-electron chi connectivity index (χ0n) is 13.8. The maximum atomic E-state index is 5.78. The van der Waals surface area contributed by atoms with Gasteiger partial charge >= 0.3 is 0 Å². The molecule has 0 rings (SSSR count). The van der Waals surface area contributed by atoms with Gasteiger partial charge in [-0.2, -0.15) is 0 Å². The second-order valence-corrected chi connectivity index (χ2v) is 6.71. The van der Waals surface area contributed by atoms with E-state index in [1.54, 1.807) is 0 Å². The highest BCUT2D eigenvalue weighted by molar-refractivity contribution is 4.61. The maximum absolute atomic E-state index is 5.78. The van der Waals surface area contributed by atoms with Crippen molar-refractivity contribution < 1.29 is 4.74 Å². The number of unbranched alkanes of at least 4 members (excludes halogenated alkanes) is 4. The zero-order chi connectivity index (χ0) is 14.5. The molecule has 0 amide bonds.